The fraction of sp³-hybridized carbons (Fsp3) is 0.400. The summed E-state index contributed by atoms with van der Waals surface area (Å²) in [5.41, 5.74) is 0.103. The molecule has 1 aliphatic heterocycles. The highest BCUT2D eigenvalue weighted by atomic mass is 32.2. The first-order chi connectivity index (χ1) is 14.7. The lowest BCUT2D eigenvalue weighted by molar-refractivity contribution is 0.343. The van der Waals surface area contributed by atoms with Crippen molar-refractivity contribution in [3.63, 3.8) is 0 Å². The first-order valence-electron chi connectivity index (χ1n) is 9.66. The first kappa shape index (κ1) is 23.2. The molecule has 1 heterocycles. The molecular weight excluding hydrogens is 444 g/mol. The molecule has 0 atom stereocenters. The van der Waals surface area contributed by atoms with Crippen LogP contribution in [0.3, 0.4) is 0 Å². The number of benzene rings is 2. The predicted octanol–water partition coefficient (Wildman–Crippen LogP) is 2.69. The number of nitrogens with zero attached hydrogens (tertiary/aromatic N) is 1. The van der Waals surface area contributed by atoms with E-state index in [1.807, 2.05) is 0 Å². The average Bonchev–Trinajstić information content (AvgIpc) is 2.78. The van der Waals surface area contributed by atoms with Crippen LogP contribution in [-0.2, 0) is 20.0 Å². The summed E-state index contributed by atoms with van der Waals surface area (Å²) in [6.45, 7) is 0.847. The maximum atomic E-state index is 13.1. The maximum Gasteiger partial charge on any atom is 0.262 e. The molecule has 3 rings (SSSR count). The molecule has 2 aromatic carbocycles. The van der Waals surface area contributed by atoms with Crippen LogP contribution in [0.5, 0.6) is 17.2 Å². The van der Waals surface area contributed by atoms with Crippen molar-refractivity contribution in [3.8, 4) is 17.2 Å². The number of anilines is 1. The fourth-order valence-corrected chi connectivity index (χ4v) is 6.15. The second-order valence-electron chi connectivity index (χ2n) is 6.95. The Kier molecular flexibility index (Phi) is 6.97. The van der Waals surface area contributed by atoms with Crippen molar-refractivity contribution < 1.29 is 31.0 Å². The number of hydrogen-bond acceptors (Lipinski definition) is 7. The number of nitrogens with one attached hydrogen (secondary N) is 1. The molecule has 170 valence electrons. The van der Waals surface area contributed by atoms with Gasteiger partial charge in [-0.1, -0.05) is 6.42 Å². The summed E-state index contributed by atoms with van der Waals surface area (Å²) in [4.78, 5) is -0.134. The van der Waals surface area contributed by atoms with Crippen molar-refractivity contribution in [1.29, 1.82) is 0 Å². The molecule has 9 nitrogen and oxygen atoms in total. The molecule has 0 unspecified atom stereocenters. The summed E-state index contributed by atoms with van der Waals surface area (Å²) < 4.78 is 71.4. The van der Waals surface area contributed by atoms with Crippen LogP contribution in [0.2, 0.25) is 0 Å². The molecule has 0 spiro atoms. The average molecular weight is 471 g/mol. The lowest BCUT2D eigenvalue weighted by Gasteiger charge is -2.26. The molecule has 1 saturated heterocycles. The predicted molar refractivity (Wildman–Crippen MR) is 116 cm³/mol. The van der Waals surface area contributed by atoms with Gasteiger partial charge in [-0.05, 0) is 43.2 Å². The molecule has 31 heavy (non-hydrogen) atoms. The third kappa shape index (κ3) is 4.89. The van der Waals surface area contributed by atoms with Gasteiger partial charge in [-0.2, -0.15) is 4.31 Å². The quantitative estimate of drug-likeness (QED) is 0.631. The Morgan fingerprint density at radius 3 is 2.00 bits per heavy atom. The van der Waals surface area contributed by atoms with Gasteiger partial charge in [-0.3, -0.25) is 4.72 Å². The van der Waals surface area contributed by atoms with E-state index in [9.17, 15) is 16.8 Å². The molecule has 0 radical (unpaired) electrons. The van der Waals surface area contributed by atoms with Gasteiger partial charge in [0.25, 0.3) is 10.0 Å². The monoisotopic (exact) mass is 470 g/mol. The van der Waals surface area contributed by atoms with Gasteiger partial charge < -0.3 is 14.2 Å². The lowest BCUT2D eigenvalue weighted by Crippen LogP contribution is -2.35. The Hall–Kier alpha value is -2.50. The SMILES string of the molecule is COc1ccc(S(=O)(=O)Nc2ccc(OC)c(S(=O)(=O)N3CCCCC3)c2)cc1OC. The Morgan fingerprint density at radius 1 is 0.774 bits per heavy atom. The van der Waals surface area contributed by atoms with Crippen molar-refractivity contribution in [2.75, 3.05) is 39.1 Å². The van der Waals surface area contributed by atoms with Crippen molar-refractivity contribution >= 4 is 25.7 Å². The minimum atomic E-state index is -4.01. The summed E-state index contributed by atoms with van der Waals surface area (Å²) in [6, 6.07) is 8.35. The Balaban J connectivity index is 1.96. The van der Waals surface area contributed by atoms with Gasteiger partial charge in [-0.15, -0.1) is 0 Å². The van der Waals surface area contributed by atoms with E-state index in [2.05, 4.69) is 4.72 Å². The first-order valence-corrected chi connectivity index (χ1v) is 12.6. The van der Waals surface area contributed by atoms with Gasteiger partial charge in [0.05, 0.1) is 31.9 Å². The van der Waals surface area contributed by atoms with E-state index in [0.29, 0.717) is 18.8 Å². The zero-order valence-electron chi connectivity index (χ0n) is 17.6. The molecule has 0 saturated carbocycles. The van der Waals surface area contributed by atoms with Crippen molar-refractivity contribution in [2.45, 2.75) is 29.1 Å². The van der Waals surface area contributed by atoms with E-state index in [0.717, 1.165) is 19.3 Å². The van der Waals surface area contributed by atoms with E-state index in [-0.39, 0.29) is 27.0 Å². The molecule has 0 amide bonds. The topological polar surface area (TPSA) is 111 Å². The number of ether oxygens (including phenoxy) is 3. The van der Waals surface area contributed by atoms with E-state index in [1.165, 1.54) is 62.0 Å². The molecule has 1 N–H and O–H groups in total. The Morgan fingerprint density at radius 2 is 1.39 bits per heavy atom. The van der Waals surface area contributed by atoms with Crippen LogP contribution in [0.1, 0.15) is 19.3 Å². The lowest BCUT2D eigenvalue weighted by atomic mass is 10.2. The van der Waals surface area contributed by atoms with Crippen molar-refractivity contribution in [2.24, 2.45) is 0 Å². The van der Waals surface area contributed by atoms with Gasteiger partial charge >= 0.3 is 0 Å². The second kappa shape index (κ2) is 9.33. The van der Waals surface area contributed by atoms with E-state index in [4.69, 9.17) is 14.2 Å². The molecule has 0 aliphatic carbocycles. The summed E-state index contributed by atoms with van der Waals surface area (Å²) in [5.74, 6) is 0.800. The van der Waals surface area contributed by atoms with E-state index in [1.54, 1.807) is 0 Å². The number of piperidine rings is 1. The Labute approximate surface area is 183 Å². The zero-order chi connectivity index (χ0) is 22.6. The van der Waals surface area contributed by atoms with Gasteiger partial charge in [0.1, 0.15) is 10.6 Å². The second-order valence-corrected chi connectivity index (χ2v) is 10.5. The summed E-state index contributed by atoms with van der Waals surface area (Å²) in [5, 5.41) is 0. The summed E-state index contributed by atoms with van der Waals surface area (Å²) in [7, 11) is -3.61. The van der Waals surface area contributed by atoms with Crippen LogP contribution in [0.25, 0.3) is 0 Å². The molecule has 1 aliphatic rings. The van der Waals surface area contributed by atoms with Crippen LogP contribution in [0.4, 0.5) is 5.69 Å². The number of sulfonamides is 2. The zero-order valence-corrected chi connectivity index (χ0v) is 19.3. The minimum absolute atomic E-state index is 0.0543. The highest BCUT2D eigenvalue weighted by molar-refractivity contribution is 7.92. The van der Waals surface area contributed by atoms with Crippen LogP contribution >= 0.6 is 0 Å². The molecule has 11 heteroatoms. The van der Waals surface area contributed by atoms with Crippen molar-refractivity contribution in [3.05, 3.63) is 36.4 Å². The third-order valence-corrected chi connectivity index (χ3v) is 8.31. The minimum Gasteiger partial charge on any atom is -0.495 e. The molecular formula is C20H26N2O7S2. The van der Waals surface area contributed by atoms with Gasteiger partial charge in [0.15, 0.2) is 11.5 Å². The van der Waals surface area contributed by atoms with Gasteiger partial charge in [0, 0.05) is 19.2 Å². The van der Waals surface area contributed by atoms with E-state index < -0.39 is 20.0 Å². The number of rotatable bonds is 8. The highest BCUT2D eigenvalue weighted by Gasteiger charge is 2.29. The van der Waals surface area contributed by atoms with Crippen LogP contribution in [-0.4, -0.2) is 55.6 Å². The molecule has 1 fully saturated rings. The van der Waals surface area contributed by atoms with Crippen LogP contribution in [0, 0.1) is 0 Å². The fourth-order valence-electron chi connectivity index (χ4n) is 3.38. The third-order valence-electron chi connectivity index (χ3n) is 5.01. The van der Waals surface area contributed by atoms with Crippen molar-refractivity contribution in [1.82, 2.24) is 4.31 Å². The number of hydrogen-bond donors (Lipinski definition) is 1. The normalized spacial score (nSPS) is 15.3. The molecule has 0 aromatic heterocycles. The summed E-state index contributed by atoms with van der Waals surface area (Å²) in [6.07, 6.45) is 2.55. The van der Waals surface area contributed by atoms with Crippen LogP contribution in [0.15, 0.2) is 46.2 Å². The smallest absolute Gasteiger partial charge is 0.262 e. The number of methoxy groups -OCH3 is 3. The van der Waals surface area contributed by atoms with E-state index >= 15 is 0 Å². The maximum absolute atomic E-state index is 13.1. The largest absolute Gasteiger partial charge is 0.495 e. The van der Waals surface area contributed by atoms with Gasteiger partial charge in [0.2, 0.25) is 10.0 Å². The van der Waals surface area contributed by atoms with Crippen LogP contribution < -0.4 is 18.9 Å². The Bertz CT molecular complexity index is 1140. The standard InChI is InChI=1S/C20H26N2O7S2/c1-27-17-10-8-16(14-19(17)29-3)30(23,24)21-15-7-9-18(28-2)20(13-15)31(25,26)22-11-5-4-6-12-22/h7-10,13-14,21H,4-6,11-12H2,1-3H3. The highest BCUT2D eigenvalue weighted by Crippen LogP contribution is 2.33. The van der Waals surface area contributed by atoms with Gasteiger partial charge in [-0.25, -0.2) is 16.8 Å². The summed E-state index contributed by atoms with van der Waals surface area (Å²) >= 11 is 0. The molecule has 2 aromatic rings. The molecule has 0 bridgehead atoms.